The Morgan fingerprint density at radius 1 is 1.33 bits per heavy atom. The fourth-order valence-electron chi connectivity index (χ4n) is 2.35. The van der Waals surface area contributed by atoms with Gasteiger partial charge in [0.05, 0.1) is 17.4 Å². The number of pyridine rings is 1. The number of nitrogens with one attached hydrogen (secondary N) is 1. The van der Waals surface area contributed by atoms with Gasteiger partial charge in [0.1, 0.15) is 11.4 Å². The van der Waals surface area contributed by atoms with Gasteiger partial charge in [-0.1, -0.05) is 18.2 Å². The average Bonchev–Trinajstić information content (AvgIpc) is 2.37. The summed E-state index contributed by atoms with van der Waals surface area (Å²) in [5, 5.41) is 12.4. The molecule has 0 fully saturated rings. The normalized spacial score (nSPS) is 12.0. The van der Waals surface area contributed by atoms with Crippen LogP contribution in [0.2, 0.25) is 0 Å². The minimum Gasteiger partial charge on any atom is -0.478 e. The molecule has 0 saturated carbocycles. The molecule has 1 heterocycles. The molecular formula is C16H17FN2O2. The zero-order valence-corrected chi connectivity index (χ0v) is 12.1. The largest absolute Gasteiger partial charge is 0.478 e. The van der Waals surface area contributed by atoms with Gasteiger partial charge < -0.3 is 10.4 Å². The minimum absolute atomic E-state index is 0.115. The third kappa shape index (κ3) is 3.18. The van der Waals surface area contributed by atoms with Crippen molar-refractivity contribution in [1.29, 1.82) is 0 Å². The second kappa shape index (κ2) is 5.91. The van der Waals surface area contributed by atoms with E-state index >= 15 is 0 Å². The van der Waals surface area contributed by atoms with Crippen LogP contribution in [-0.4, -0.2) is 16.1 Å². The molecule has 0 amide bonds. The molecule has 1 aromatic carbocycles. The summed E-state index contributed by atoms with van der Waals surface area (Å²) >= 11 is 0. The first-order valence-electron chi connectivity index (χ1n) is 6.62. The highest BCUT2D eigenvalue weighted by atomic mass is 19.1. The van der Waals surface area contributed by atoms with Gasteiger partial charge in [-0.05, 0) is 32.9 Å². The summed E-state index contributed by atoms with van der Waals surface area (Å²) in [6.45, 7) is 5.22. The summed E-state index contributed by atoms with van der Waals surface area (Å²) in [4.78, 5) is 15.5. The molecule has 2 rings (SSSR count). The highest BCUT2D eigenvalue weighted by molar-refractivity contribution is 5.95. The number of rotatable bonds is 4. The number of carboxylic acid groups (broad SMARTS) is 1. The lowest BCUT2D eigenvalue weighted by atomic mass is 10.1. The fraction of sp³-hybridized carbons (Fsp3) is 0.250. The van der Waals surface area contributed by atoms with E-state index in [4.69, 9.17) is 0 Å². The second-order valence-electron chi connectivity index (χ2n) is 4.96. The predicted molar refractivity (Wildman–Crippen MR) is 79.1 cm³/mol. The molecule has 1 unspecified atom stereocenters. The third-order valence-electron chi connectivity index (χ3n) is 3.29. The third-order valence-corrected chi connectivity index (χ3v) is 3.29. The summed E-state index contributed by atoms with van der Waals surface area (Å²) in [5.41, 5.74) is 2.19. The molecule has 0 aliphatic rings. The van der Waals surface area contributed by atoms with Crippen molar-refractivity contribution >= 4 is 11.7 Å². The van der Waals surface area contributed by atoms with Gasteiger partial charge in [0.15, 0.2) is 0 Å². The average molecular weight is 288 g/mol. The Morgan fingerprint density at radius 2 is 2.00 bits per heavy atom. The van der Waals surface area contributed by atoms with Gasteiger partial charge in [0.2, 0.25) is 0 Å². The van der Waals surface area contributed by atoms with E-state index < -0.39 is 5.97 Å². The molecule has 2 N–H and O–H groups in total. The van der Waals surface area contributed by atoms with Crippen LogP contribution in [0.1, 0.15) is 40.3 Å². The van der Waals surface area contributed by atoms with Gasteiger partial charge >= 0.3 is 5.97 Å². The van der Waals surface area contributed by atoms with E-state index in [9.17, 15) is 14.3 Å². The van der Waals surface area contributed by atoms with E-state index in [0.717, 1.165) is 0 Å². The Kier molecular flexibility index (Phi) is 4.21. The summed E-state index contributed by atoms with van der Waals surface area (Å²) in [6.07, 6.45) is 0. The van der Waals surface area contributed by atoms with Gasteiger partial charge in [0, 0.05) is 11.3 Å². The number of aromatic carboxylic acids is 1. The van der Waals surface area contributed by atoms with Crippen molar-refractivity contribution in [2.45, 2.75) is 26.8 Å². The first kappa shape index (κ1) is 15.0. The molecule has 0 bridgehead atoms. The van der Waals surface area contributed by atoms with Gasteiger partial charge in [-0.25, -0.2) is 9.18 Å². The maximum atomic E-state index is 13.8. The van der Waals surface area contributed by atoms with E-state index in [1.807, 2.05) is 0 Å². The van der Waals surface area contributed by atoms with Crippen LogP contribution in [0.4, 0.5) is 10.1 Å². The number of anilines is 1. The zero-order chi connectivity index (χ0) is 15.6. The van der Waals surface area contributed by atoms with Crippen molar-refractivity contribution < 1.29 is 14.3 Å². The van der Waals surface area contributed by atoms with Crippen LogP contribution in [0.15, 0.2) is 30.3 Å². The molecule has 110 valence electrons. The number of aryl methyl sites for hydroxylation is 2. The van der Waals surface area contributed by atoms with Crippen LogP contribution < -0.4 is 5.32 Å². The number of carbonyl (C=O) groups is 1. The Bertz CT molecular complexity index is 686. The Hall–Kier alpha value is -2.43. The topological polar surface area (TPSA) is 62.2 Å². The van der Waals surface area contributed by atoms with E-state index in [2.05, 4.69) is 10.3 Å². The zero-order valence-electron chi connectivity index (χ0n) is 12.1. The highest BCUT2D eigenvalue weighted by Crippen LogP contribution is 2.26. The number of aromatic nitrogens is 1. The summed E-state index contributed by atoms with van der Waals surface area (Å²) in [6, 6.07) is 7.73. The number of benzene rings is 1. The molecule has 5 heteroatoms. The van der Waals surface area contributed by atoms with Crippen molar-refractivity contribution in [2.24, 2.45) is 0 Å². The number of halogens is 1. The Morgan fingerprint density at radius 3 is 2.62 bits per heavy atom. The smallest absolute Gasteiger partial charge is 0.339 e. The summed E-state index contributed by atoms with van der Waals surface area (Å²) < 4.78 is 13.8. The van der Waals surface area contributed by atoms with Crippen LogP contribution in [0, 0.1) is 19.7 Å². The van der Waals surface area contributed by atoms with Crippen molar-refractivity contribution in [2.75, 3.05) is 5.32 Å². The van der Waals surface area contributed by atoms with Crippen LogP contribution in [0.5, 0.6) is 0 Å². The van der Waals surface area contributed by atoms with E-state index in [0.29, 0.717) is 22.6 Å². The van der Waals surface area contributed by atoms with Gasteiger partial charge in [-0.2, -0.15) is 0 Å². The SMILES string of the molecule is Cc1cc(NC(C)c2ccccc2F)c(C(=O)O)c(C)n1. The fourth-order valence-corrected chi connectivity index (χ4v) is 2.35. The molecule has 1 atom stereocenters. The molecule has 21 heavy (non-hydrogen) atoms. The molecule has 2 aromatic rings. The van der Waals surface area contributed by atoms with E-state index in [1.54, 1.807) is 45.0 Å². The Balaban J connectivity index is 2.40. The van der Waals surface area contributed by atoms with Crippen LogP contribution in [0.25, 0.3) is 0 Å². The number of hydrogen-bond donors (Lipinski definition) is 2. The standard InChI is InChI=1S/C16H17FN2O2/c1-9-8-14(15(16(20)21)11(3)18-9)19-10(2)12-6-4-5-7-13(12)17/h4-8,10H,1-3H3,(H,18,19)(H,20,21). The number of nitrogens with zero attached hydrogens (tertiary/aromatic N) is 1. The lowest BCUT2D eigenvalue weighted by Crippen LogP contribution is -2.14. The van der Waals surface area contributed by atoms with Gasteiger partial charge in [-0.3, -0.25) is 4.98 Å². The van der Waals surface area contributed by atoms with Crippen molar-refractivity contribution in [3.05, 3.63) is 58.7 Å². The Labute approximate surface area is 122 Å². The number of carboxylic acids is 1. The highest BCUT2D eigenvalue weighted by Gasteiger charge is 2.18. The quantitative estimate of drug-likeness (QED) is 0.900. The summed E-state index contributed by atoms with van der Waals surface area (Å²) in [5.74, 6) is -1.37. The van der Waals surface area contributed by atoms with Crippen LogP contribution in [0.3, 0.4) is 0 Å². The van der Waals surface area contributed by atoms with Gasteiger partial charge in [-0.15, -0.1) is 0 Å². The van der Waals surface area contributed by atoms with E-state index in [1.165, 1.54) is 6.07 Å². The first-order valence-corrected chi connectivity index (χ1v) is 6.62. The van der Waals surface area contributed by atoms with Crippen molar-refractivity contribution in [3.63, 3.8) is 0 Å². The molecule has 4 nitrogen and oxygen atoms in total. The van der Waals surface area contributed by atoms with Crippen LogP contribution >= 0.6 is 0 Å². The molecular weight excluding hydrogens is 271 g/mol. The lowest BCUT2D eigenvalue weighted by Gasteiger charge is -2.19. The summed E-state index contributed by atoms with van der Waals surface area (Å²) in [7, 11) is 0. The second-order valence-corrected chi connectivity index (χ2v) is 4.96. The maximum Gasteiger partial charge on any atom is 0.339 e. The molecule has 0 radical (unpaired) electrons. The lowest BCUT2D eigenvalue weighted by molar-refractivity contribution is 0.0696. The maximum absolute atomic E-state index is 13.8. The van der Waals surface area contributed by atoms with E-state index in [-0.39, 0.29) is 17.4 Å². The molecule has 1 aromatic heterocycles. The monoisotopic (exact) mass is 288 g/mol. The van der Waals surface area contributed by atoms with Crippen molar-refractivity contribution in [1.82, 2.24) is 4.98 Å². The minimum atomic E-state index is -1.05. The predicted octanol–water partition coefficient (Wildman–Crippen LogP) is 3.71. The van der Waals surface area contributed by atoms with Crippen molar-refractivity contribution in [3.8, 4) is 0 Å². The first-order chi connectivity index (χ1) is 9.90. The molecule has 0 saturated heterocycles. The van der Waals surface area contributed by atoms with Gasteiger partial charge in [0.25, 0.3) is 0 Å². The molecule has 0 aliphatic carbocycles. The molecule has 0 spiro atoms. The number of hydrogen-bond acceptors (Lipinski definition) is 3. The van der Waals surface area contributed by atoms with Crippen LogP contribution in [-0.2, 0) is 0 Å². The molecule has 0 aliphatic heterocycles.